The van der Waals surface area contributed by atoms with Gasteiger partial charge in [0.2, 0.25) is 5.91 Å². The van der Waals surface area contributed by atoms with Crippen molar-refractivity contribution in [2.45, 2.75) is 5.38 Å². The van der Waals surface area contributed by atoms with Crippen LogP contribution in [0.1, 0.15) is 21.3 Å². The van der Waals surface area contributed by atoms with Gasteiger partial charge in [-0.1, -0.05) is 30.3 Å². The Morgan fingerprint density at radius 2 is 1.76 bits per heavy atom. The number of aromatic carboxylic acids is 1. The highest BCUT2D eigenvalue weighted by atomic mass is 35.5. The second kappa shape index (κ2) is 6.28. The van der Waals surface area contributed by atoms with E-state index in [1.807, 2.05) is 6.07 Å². The molecule has 0 aliphatic carbocycles. The van der Waals surface area contributed by atoms with Crippen LogP contribution in [0.4, 0.5) is 5.69 Å². The third-order valence-electron chi connectivity index (χ3n) is 2.82. The van der Waals surface area contributed by atoms with Gasteiger partial charge >= 0.3 is 5.97 Å². The van der Waals surface area contributed by atoms with E-state index in [4.69, 9.17) is 16.7 Å². The quantitative estimate of drug-likeness (QED) is 0.598. The first kappa shape index (κ1) is 14.9. The number of alkyl halides is 1. The fraction of sp³-hybridized carbons (Fsp3) is 0.0667. The SMILES string of the molecule is O=C(O)c1cc(NC(=O)[C@H](Cl)c2ccccc2)ccc1O. The predicted octanol–water partition coefficient (Wildman–Crippen LogP) is 3.01. The number of carbonyl (C=O) groups excluding carboxylic acids is 1. The van der Waals surface area contributed by atoms with Crippen LogP contribution in [0, 0.1) is 0 Å². The zero-order chi connectivity index (χ0) is 15.4. The fourth-order valence-corrected chi connectivity index (χ4v) is 1.96. The highest BCUT2D eigenvalue weighted by Crippen LogP contribution is 2.25. The number of hydrogen-bond donors (Lipinski definition) is 3. The van der Waals surface area contributed by atoms with Gasteiger partial charge in [0.25, 0.3) is 0 Å². The highest BCUT2D eigenvalue weighted by molar-refractivity contribution is 6.32. The van der Waals surface area contributed by atoms with Crippen LogP contribution in [0.5, 0.6) is 5.75 Å². The van der Waals surface area contributed by atoms with Gasteiger partial charge in [0.15, 0.2) is 0 Å². The largest absolute Gasteiger partial charge is 0.507 e. The molecule has 2 aromatic rings. The number of benzene rings is 2. The number of hydrogen-bond acceptors (Lipinski definition) is 3. The first-order valence-electron chi connectivity index (χ1n) is 6.05. The first-order valence-corrected chi connectivity index (χ1v) is 6.49. The van der Waals surface area contributed by atoms with Gasteiger partial charge in [0.05, 0.1) is 0 Å². The number of aromatic hydroxyl groups is 1. The minimum atomic E-state index is -1.28. The summed E-state index contributed by atoms with van der Waals surface area (Å²) in [5, 5.41) is 19.9. The first-order chi connectivity index (χ1) is 9.99. The molecule has 0 aliphatic rings. The van der Waals surface area contributed by atoms with Crippen molar-refractivity contribution in [3.8, 4) is 5.75 Å². The van der Waals surface area contributed by atoms with Gasteiger partial charge in [0.1, 0.15) is 16.7 Å². The fourth-order valence-electron chi connectivity index (χ4n) is 1.76. The standard InChI is InChI=1S/C15H12ClNO4/c16-13(9-4-2-1-3-5-9)14(19)17-10-6-7-12(18)11(8-10)15(20)21/h1-8,13,18H,(H,17,19)(H,20,21)/t13-/m1/s1. The van der Waals surface area contributed by atoms with E-state index in [-0.39, 0.29) is 17.0 Å². The molecule has 0 heterocycles. The number of phenols is 1. The molecule has 3 N–H and O–H groups in total. The molecule has 2 aromatic carbocycles. The summed E-state index contributed by atoms with van der Waals surface area (Å²) < 4.78 is 0. The average Bonchev–Trinajstić information content (AvgIpc) is 2.49. The van der Waals surface area contributed by atoms with Crippen molar-refractivity contribution in [1.82, 2.24) is 0 Å². The summed E-state index contributed by atoms with van der Waals surface area (Å²) in [6, 6.07) is 12.5. The van der Waals surface area contributed by atoms with Gasteiger partial charge in [-0.2, -0.15) is 0 Å². The maximum atomic E-state index is 12.0. The van der Waals surface area contributed by atoms with Crippen LogP contribution < -0.4 is 5.32 Å². The molecule has 0 aromatic heterocycles. The van der Waals surface area contributed by atoms with E-state index >= 15 is 0 Å². The molecule has 1 atom stereocenters. The maximum Gasteiger partial charge on any atom is 0.339 e. The van der Waals surface area contributed by atoms with Crippen LogP contribution in [0.15, 0.2) is 48.5 Å². The molecule has 0 unspecified atom stereocenters. The zero-order valence-corrected chi connectivity index (χ0v) is 11.5. The summed E-state index contributed by atoms with van der Waals surface area (Å²) >= 11 is 6.06. The van der Waals surface area contributed by atoms with E-state index in [1.54, 1.807) is 24.3 Å². The molecule has 1 amide bonds. The van der Waals surface area contributed by atoms with E-state index in [2.05, 4.69) is 5.32 Å². The van der Waals surface area contributed by atoms with Crippen LogP contribution in [-0.2, 0) is 4.79 Å². The normalized spacial score (nSPS) is 11.7. The molecule has 0 spiro atoms. The van der Waals surface area contributed by atoms with Gasteiger partial charge in [0, 0.05) is 5.69 Å². The Morgan fingerprint density at radius 1 is 1.10 bits per heavy atom. The van der Waals surface area contributed by atoms with Crippen LogP contribution in [0.25, 0.3) is 0 Å². The van der Waals surface area contributed by atoms with Gasteiger partial charge in [-0.05, 0) is 23.8 Å². The Balaban J connectivity index is 2.16. The number of rotatable bonds is 4. The molecule has 0 saturated carbocycles. The number of carboxylic acid groups (broad SMARTS) is 1. The van der Waals surface area contributed by atoms with Gasteiger partial charge < -0.3 is 15.5 Å². The van der Waals surface area contributed by atoms with E-state index in [1.165, 1.54) is 18.2 Å². The molecule has 5 nitrogen and oxygen atoms in total. The molecule has 2 rings (SSSR count). The van der Waals surface area contributed by atoms with Crippen molar-refractivity contribution in [1.29, 1.82) is 0 Å². The van der Waals surface area contributed by atoms with Gasteiger partial charge in [-0.3, -0.25) is 4.79 Å². The number of carboxylic acids is 1. The van der Waals surface area contributed by atoms with Gasteiger partial charge in [-0.25, -0.2) is 4.79 Å². The number of carbonyl (C=O) groups is 2. The molecule has 0 fully saturated rings. The van der Waals surface area contributed by atoms with E-state index in [0.717, 1.165) is 0 Å². The minimum absolute atomic E-state index is 0.247. The lowest BCUT2D eigenvalue weighted by atomic mass is 10.1. The van der Waals surface area contributed by atoms with Crippen LogP contribution >= 0.6 is 11.6 Å². The molecule has 6 heteroatoms. The average molecular weight is 306 g/mol. The second-order valence-corrected chi connectivity index (χ2v) is 4.74. The smallest absolute Gasteiger partial charge is 0.339 e. The molecule has 0 saturated heterocycles. The Bertz CT molecular complexity index is 673. The Morgan fingerprint density at radius 3 is 2.38 bits per heavy atom. The van der Waals surface area contributed by atoms with Crippen LogP contribution in [-0.4, -0.2) is 22.1 Å². The van der Waals surface area contributed by atoms with Crippen molar-refractivity contribution < 1.29 is 19.8 Å². The summed E-state index contributed by atoms with van der Waals surface area (Å²) in [6.45, 7) is 0. The Kier molecular flexibility index (Phi) is 4.45. The van der Waals surface area contributed by atoms with Crippen molar-refractivity contribution in [3.05, 3.63) is 59.7 Å². The van der Waals surface area contributed by atoms with Crippen molar-refractivity contribution in [2.75, 3.05) is 5.32 Å². The van der Waals surface area contributed by atoms with Crippen molar-refractivity contribution in [2.24, 2.45) is 0 Å². The second-order valence-electron chi connectivity index (χ2n) is 4.30. The predicted molar refractivity (Wildman–Crippen MR) is 78.7 cm³/mol. The number of anilines is 1. The summed E-state index contributed by atoms with van der Waals surface area (Å²) in [5.74, 6) is -2.13. The Labute approximate surface area is 125 Å². The van der Waals surface area contributed by atoms with E-state index in [9.17, 15) is 14.7 Å². The number of nitrogens with one attached hydrogen (secondary N) is 1. The van der Waals surface area contributed by atoms with E-state index in [0.29, 0.717) is 5.56 Å². The Hall–Kier alpha value is -2.53. The third kappa shape index (κ3) is 3.52. The van der Waals surface area contributed by atoms with Gasteiger partial charge in [-0.15, -0.1) is 11.6 Å². The van der Waals surface area contributed by atoms with Crippen molar-refractivity contribution in [3.63, 3.8) is 0 Å². The lowest BCUT2D eigenvalue weighted by Crippen LogP contribution is -2.17. The summed E-state index contributed by atoms with van der Waals surface area (Å²) in [4.78, 5) is 22.9. The maximum absolute atomic E-state index is 12.0. The molecule has 0 aliphatic heterocycles. The number of halogens is 1. The molecule has 108 valence electrons. The molecular formula is C15H12ClNO4. The molecule has 0 bridgehead atoms. The topological polar surface area (TPSA) is 86.6 Å². The molecule has 21 heavy (non-hydrogen) atoms. The monoisotopic (exact) mass is 305 g/mol. The van der Waals surface area contributed by atoms with Crippen LogP contribution in [0.3, 0.4) is 0 Å². The molecular weight excluding hydrogens is 294 g/mol. The van der Waals surface area contributed by atoms with Crippen LogP contribution in [0.2, 0.25) is 0 Å². The summed E-state index contributed by atoms with van der Waals surface area (Å²) in [5.41, 5.74) is 0.587. The van der Waals surface area contributed by atoms with Crippen molar-refractivity contribution >= 4 is 29.2 Å². The molecule has 0 radical (unpaired) electrons. The minimum Gasteiger partial charge on any atom is -0.507 e. The lowest BCUT2D eigenvalue weighted by molar-refractivity contribution is -0.116. The zero-order valence-electron chi connectivity index (χ0n) is 10.8. The lowest BCUT2D eigenvalue weighted by Gasteiger charge is -2.11. The summed E-state index contributed by atoms with van der Waals surface area (Å²) in [7, 11) is 0. The number of amides is 1. The highest BCUT2D eigenvalue weighted by Gasteiger charge is 2.18. The van der Waals surface area contributed by atoms with E-state index < -0.39 is 17.3 Å². The summed E-state index contributed by atoms with van der Waals surface area (Å²) in [6.07, 6.45) is 0. The third-order valence-corrected chi connectivity index (χ3v) is 3.27.